The quantitative estimate of drug-likeness (QED) is 0.400. The van der Waals surface area contributed by atoms with Gasteiger partial charge in [0.1, 0.15) is 11.4 Å². The van der Waals surface area contributed by atoms with Crippen LogP contribution in [0, 0.1) is 5.82 Å². The first-order valence-corrected chi connectivity index (χ1v) is 10.8. The van der Waals surface area contributed by atoms with Crippen LogP contribution in [0.5, 0.6) is 0 Å². The molecule has 2 amide bonds. The smallest absolute Gasteiger partial charge is 0.334 e. The molecule has 0 spiro atoms. The summed E-state index contributed by atoms with van der Waals surface area (Å²) < 4.78 is 55.0. The van der Waals surface area contributed by atoms with Gasteiger partial charge in [0.15, 0.2) is 0 Å². The Morgan fingerprint density at radius 1 is 0.971 bits per heavy atom. The van der Waals surface area contributed by atoms with Gasteiger partial charge >= 0.3 is 12.2 Å². The Balaban J connectivity index is 2.28. The van der Waals surface area contributed by atoms with E-state index in [9.17, 15) is 22.4 Å². The molecule has 0 saturated carbocycles. The van der Waals surface area contributed by atoms with Gasteiger partial charge in [-0.2, -0.15) is 13.2 Å². The fourth-order valence-corrected chi connectivity index (χ4v) is 3.74. The summed E-state index contributed by atoms with van der Waals surface area (Å²) in [5.41, 5.74) is -2.67. The number of halogens is 5. The third kappa shape index (κ3) is 6.05. The van der Waals surface area contributed by atoms with E-state index in [-0.39, 0.29) is 17.7 Å². The van der Waals surface area contributed by atoms with Crippen molar-refractivity contribution in [3.63, 3.8) is 0 Å². The van der Waals surface area contributed by atoms with E-state index in [0.717, 1.165) is 6.07 Å². The van der Waals surface area contributed by atoms with Gasteiger partial charge in [-0.05, 0) is 56.2 Å². The number of nitrogens with zero attached hydrogens (tertiary/aromatic N) is 1. The minimum absolute atomic E-state index is 0.0176. The largest absolute Gasteiger partial charge is 0.419 e. The highest BCUT2D eigenvalue weighted by Crippen LogP contribution is 2.38. The van der Waals surface area contributed by atoms with Crippen LogP contribution in [0.3, 0.4) is 0 Å². The number of hydrogen-bond donors (Lipinski definition) is 2. The summed E-state index contributed by atoms with van der Waals surface area (Å²) in [7, 11) is 0. The average molecular weight is 494 g/mol. The van der Waals surface area contributed by atoms with Crippen molar-refractivity contribution in [2.75, 3.05) is 0 Å². The van der Waals surface area contributed by atoms with E-state index in [0.29, 0.717) is 16.7 Å². The van der Waals surface area contributed by atoms with Crippen LogP contribution in [0.1, 0.15) is 43.2 Å². The Labute approximate surface area is 200 Å². The molecule has 0 fully saturated rings. The minimum Gasteiger partial charge on any atom is -0.334 e. The van der Waals surface area contributed by atoms with Crippen molar-refractivity contribution in [1.82, 2.24) is 15.6 Å². The molecule has 0 saturated heterocycles. The highest BCUT2D eigenvalue weighted by Gasteiger charge is 2.41. The molecule has 1 unspecified atom stereocenters. The number of nitrogens with one attached hydrogen (secondary N) is 2. The topological polar surface area (TPSA) is 54.0 Å². The van der Waals surface area contributed by atoms with Crippen molar-refractivity contribution in [2.24, 2.45) is 0 Å². The summed E-state index contributed by atoms with van der Waals surface area (Å²) in [5, 5.41) is 5.92. The predicted molar refractivity (Wildman–Crippen MR) is 123 cm³/mol. The maximum atomic E-state index is 14.2. The zero-order valence-corrected chi connectivity index (χ0v) is 19.6. The zero-order valence-electron chi connectivity index (χ0n) is 18.8. The highest BCUT2D eigenvalue weighted by molar-refractivity contribution is 6.30. The maximum Gasteiger partial charge on any atom is 0.419 e. The van der Waals surface area contributed by atoms with Crippen molar-refractivity contribution in [2.45, 2.75) is 44.4 Å². The number of rotatable bonds is 5. The Kier molecular flexibility index (Phi) is 7.21. The molecule has 2 N–H and O–H groups in total. The summed E-state index contributed by atoms with van der Waals surface area (Å²) >= 11 is 6.01. The molecule has 1 aromatic heterocycles. The molecule has 0 aliphatic carbocycles. The van der Waals surface area contributed by atoms with Gasteiger partial charge < -0.3 is 10.6 Å². The van der Waals surface area contributed by atoms with Gasteiger partial charge in [-0.1, -0.05) is 48.0 Å². The Morgan fingerprint density at radius 3 is 2.21 bits per heavy atom. The lowest BCUT2D eigenvalue weighted by Crippen LogP contribution is -2.56. The number of pyridine rings is 1. The zero-order chi connectivity index (χ0) is 25.1. The summed E-state index contributed by atoms with van der Waals surface area (Å²) in [4.78, 5) is 17.4. The third-order valence-electron chi connectivity index (χ3n) is 5.06. The molecule has 180 valence electrons. The fourth-order valence-electron chi connectivity index (χ4n) is 3.62. The number of hydrogen-bond acceptors (Lipinski definition) is 2. The van der Waals surface area contributed by atoms with Crippen molar-refractivity contribution in [1.29, 1.82) is 0 Å². The number of aromatic nitrogens is 1. The summed E-state index contributed by atoms with van der Waals surface area (Å²) in [6.45, 7) is 5.31. The van der Waals surface area contributed by atoms with Gasteiger partial charge in [0.25, 0.3) is 0 Å². The number of amides is 2. The SMILES string of the molecule is CC(C)(C)NC(=O)NC(Cc1ccccc1)(c1ccc(F)c(C(F)(F)F)c1)c1ccc(Cl)cn1. The van der Waals surface area contributed by atoms with Crippen LogP contribution in [0.4, 0.5) is 22.4 Å². The maximum absolute atomic E-state index is 14.2. The standard InChI is InChI=1S/C25H24ClF4N3O/c1-23(2,3)32-22(34)33-24(14-16-7-5-4-6-8-16,21-12-10-18(26)15-31-21)17-9-11-20(27)19(13-17)25(28,29)30/h4-13,15H,14H2,1-3H3,(H2,32,33,34). The molecule has 2 aromatic carbocycles. The van der Waals surface area contributed by atoms with Crippen LogP contribution in [0.2, 0.25) is 5.02 Å². The Hall–Kier alpha value is -3.13. The first-order valence-electron chi connectivity index (χ1n) is 10.4. The number of alkyl halides is 3. The minimum atomic E-state index is -4.93. The fraction of sp³-hybridized carbons (Fsp3) is 0.280. The molecule has 3 aromatic rings. The number of urea groups is 1. The van der Waals surface area contributed by atoms with E-state index in [4.69, 9.17) is 11.6 Å². The molecule has 9 heteroatoms. The second kappa shape index (κ2) is 9.62. The van der Waals surface area contributed by atoms with Crippen LogP contribution in [0.15, 0.2) is 66.9 Å². The number of carbonyl (C=O) groups is 1. The van der Waals surface area contributed by atoms with E-state index < -0.39 is 34.7 Å². The first-order chi connectivity index (χ1) is 15.8. The van der Waals surface area contributed by atoms with Crippen molar-refractivity contribution < 1.29 is 22.4 Å². The molecule has 4 nitrogen and oxygen atoms in total. The molecular weight excluding hydrogens is 470 g/mol. The molecule has 0 aliphatic rings. The van der Waals surface area contributed by atoms with Crippen LogP contribution in [-0.4, -0.2) is 16.6 Å². The average Bonchev–Trinajstić information content (AvgIpc) is 2.72. The Morgan fingerprint density at radius 2 is 1.65 bits per heavy atom. The monoisotopic (exact) mass is 493 g/mol. The molecule has 0 bridgehead atoms. The number of benzene rings is 2. The van der Waals surface area contributed by atoms with Gasteiger partial charge in [0.05, 0.1) is 16.3 Å². The highest BCUT2D eigenvalue weighted by atomic mass is 35.5. The summed E-state index contributed by atoms with van der Waals surface area (Å²) in [6.07, 6.45) is -3.54. The third-order valence-corrected chi connectivity index (χ3v) is 5.28. The normalized spacial score (nSPS) is 13.8. The van der Waals surface area contributed by atoms with Crippen molar-refractivity contribution >= 4 is 17.6 Å². The molecule has 3 rings (SSSR count). The number of carbonyl (C=O) groups excluding carboxylic acids is 1. The van der Waals surface area contributed by atoms with E-state index >= 15 is 0 Å². The van der Waals surface area contributed by atoms with E-state index in [2.05, 4.69) is 15.6 Å². The second-order valence-corrected chi connectivity index (χ2v) is 9.39. The van der Waals surface area contributed by atoms with Gasteiger partial charge in [0.2, 0.25) is 0 Å². The Bertz CT molecular complexity index is 1150. The second-order valence-electron chi connectivity index (χ2n) is 8.95. The van der Waals surface area contributed by atoms with Crippen molar-refractivity contribution in [3.05, 3.63) is 100 Å². The molecule has 1 heterocycles. The van der Waals surface area contributed by atoms with Crippen molar-refractivity contribution in [3.8, 4) is 0 Å². The van der Waals surface area contributed by atoms with E-state index in [1.807, 2.05) is 0 Å². The lowest BCUT2D eigenvalue weighted by atomic mass is 9.79. The lowest BCUT2D eigenvalue weighted by molar-refractivity contribution is -0.140. The van der Waals surface area contributed by atoms with Gasteiger partial charge in [-0.15, -0.1) is 0 Å². The summed E-state index contributed by atoms with van der Waals surface area (Å²) in [5.74, 6) is -1.41. The van der Waals surface area contributed by atoms with Gasteiger partial charge in [-0.3, -0.25) is 4.98 Å². The van der Waals surface area contributed by atoms with Gasteiger partial charge in [0, 0.05) is 18.2 Å². The van der Waals surface area contributed by atoms with E-state index in [1.54, 1.807) is 51.1 Å². The van der Waals surface area contributed by atoms with Crippen LogP contribution < -0.4 is 10.6 Å². The first kappa shape index (κ1) is 25.5. The van der Waals surface area contributed by atoms with E-state index in [1.165, 1.54) is 24.4 Å². The molecular formula is C25H24ClF4N3O. The lowest BCUT2D eigenvalue weighted by Gasteiger charge is -2.37. The molecule has 1 atom stereocenters. The predicted octanol–water partition coefficient (Wildman–Crippen LogP) is 6.48. The van der Waals surface area contributed by atoms with Crippen LogP contribution in [0.25, 0.3) is 0 Å². The summed E-state index contributed by atoms with van der Waals surface area (Å²) in [6, 6.07) is 14.0. The van der Waals surface area contributed by atoms with Gasteiger partial charge in [-0.25, -0.2) is 9.18 Å². The van der Waals surface area contributed by atoms with Crippen LogP contribution in [-0.2, 0) is 18.1 Å². The molecule has 34 heavy (non-hydrogen) atoms. The van der Waals surface area contributed by atoms with Crippen LogP contribution >= 0.6 is 11.6 Å². The molecule has 0 aliphatic heterocycles. The molecule has 0 radical (unpaired) electrons.